The van der Waals surface area contributed by atoms with Gasteiger partial charge in [-0.1, -0.05) is 42.5 Å². The number of nitrogens with one attached hydrogen (secondary N) is 1. The summed E-state index contributed by atoms with van der Waals surface area (Å²) < 4.78 is 16.6. The van der Waals surface area contributed by atoms with E-state index in [0.29, 0.717) is 42.0 Å². The molecule has 0 bridgehead atoms. The molecule has 2 aliphatic heterocycles. The van der Waals surface area contributed by atoms with Gasteiger partial charge in [0.05, 0.1) is 42.7 Å². The number of fused-ring (bicyclic) bond motifs is 1. The summed E-state index contributed by atoms with van der Waals surface area (Å²) in [7, 11) is 3.12. The lowest BCUT2D eigenvalue weighted by molar-refractivity contribution is -0.130. The van der Waals surface area contributed by atoms with Gasteiger partial charge in [-0.15, -0.1) is 0 Å². The van der Waals surface area contributed by atoms with Crippen molar-refractivity contribution in [3.05, 3.63) is 89.0 Å². The molecule has 256 valence electrons. The maximum atomic E-state index is 14.4. The number of nitrogens with zero attached hydrogens (tertiary/aromatic N) is 3. The van der Waals surface area contributed by atoms with E-state index < -0.39 is 11.6 Å². The number of carbonyl (C=O) groups is 3. The summed E-state index contributed by atoms with van der Waals surface area (Å²) in [5.41, 5.74) is 3.25. The number of benzene rings is 3. The number of rotatable bonds is 13. The molecule has 0 saturated carbocycles. The Hall–Kier alpha value is -4.41. The average molecular weight is 657 g/mol. The summed E-state index contributed by atoms with van der Waals surface area (Å²) in [5, 5.41) is 2.90. The summed E-state index contributed by atoms with van der Waals surface area (Å²) in [6.45, 7) is 11.4. The van der Waals surface area contributed by atoms with Gasteiger partial charge in [-0.3, -0.25) is 24.2 Å². The van der Waals surface area contributed by atoms with E-state index in [1.165, 1.54) is 10.5 Å². The fraction of sp³-hybridized carbons (Fsp3) is 0.447. The third kappa shape index (κ3) is 7.82. The maximum absolute atomic E-state index is 14.4. The molecule has 5 rings (SSSR count). The first-order chi connectivity index (χ1) is 23.0. The third-order valence-corrected chi connectivity index (χ3v) is 9.13. The number of imide groups is 1. The first-order valence-corrected chi connectivity index (χ1v) is 16.7. The highest BCUT2D eigenvalue weighted by molar-refractivity contribution is 6.24. The Bertz CT molecular complexity index is 1600. The molecule has 0 spiro atoms. The van der Waals surface area contributed by atoms with Crippen molar-refractivity contribution < 1.29 is 28.6 Å². The van der Waals surface area contributed by atoms with Gasteiger partial charge in [0.1, 0.15) is 6.61 Å². The van der Waals surface area contributed by atoms with Crippen LogP contribution in [0.4, 0.5) is 5.69 Å². The Balaban J connectivity index is 1.35. The van der Waals surface area contributed by atoms with Crippen LogP contribution in [0.15, 0.2) is 66.7 Å². The molecule has 10 heteroatoms. The predicted molar refractivity (Wildman–Crippen MR) is 186 cm³/mol. The minimum absolute atomic E-state index is 0.0385. The quantitative estimate of drug-likeness (QED) is 0.187. The Labute approximate surface area is 283 Å². The highest BCUT2D eigenvalue weighted by Gasteiger charge is 2.43. The number of anilines is 1. The molecule has 2 atom stereocenters. The van der Waals surface area contributed by atoms with Gasteiger partial charge in [0.15, 0.2) is 11.5 Å². The average Bonchev–Trinajstić information content (AvgIpc) is 3.35. The number of piperazine rings is 1. The van der Waals surface area contributed by atoms with E-state index in [1.54, 1.807) is 26.4 Å². The number of methoxy groups -OCH3 is 2. The molecule has 0 radical (unpaired) electrons. The Kier molecular flexibility index (Phi) is 11.1. The Morgan fingerprint density at radius 3 is 2.23 bits per heavy atom. The lowest BCUT2D eigenvalue weighted by atomic mass is 9.99. The standard InChI is InChI=1S/C38H48N4O6/c1-26(27-12-8-7-9-13-27)40-20-22-41(23-21-40)31-15-10-14-29-35(31)37(45)42(36(29)44)30(28-17-18-32(46-5)33(24-28)47-6)16-11-19-39-34(43)25-48-38(2,3)4/h7-10,12-15,17-18,24,26,30H,11,16,19-23,25H2,1-6H3,(H,39,43)/t26?,30-/m1/s1. The van der Waals surface area contributed by atoms with E-state index in [4.69, 9.17) is 14.2 Å². The summed E-state index contributed by atoms with van der Waals surface area (Å²) in [6.07, 6.45) is 0.967. The van der Waals surface area contributed by atoms with Crippen LogP contribution in [0.5, 0.6) is 11.5 Å². The van der Waals surface area contributed by atoms with E-state index >= 15 is 0 Å². The molecule has 0 aliphatic carbocycles. The molecule has 1 unspecified atom stereocenters. The van der Waals surface area contributed by atoms with Crippen molar-refractivity contribution in [1.82, 2.24) is 15.1 Å². The van der Waals surface area contributed by atoms with Crippen LogP contribution in [0.1, 0.15) is 84.5 Å². The van der Waals surface area contributed by atoms with Crippen LogP contribution in [0.25, 0.3) is 0 Å². The van der Waals surface area contributed by atoms with Crippen LogP contribution in [0.2, 0.25) is 0 Å². The minimum atomic E-state index is -0.587. The highest BCUT2D eigenvalue weighted by atomic mass is 16.5. The molecular weight excluding hydrogens is 608 g/mol. The summed E-state index contributed by atoms with van der Waals surface area (Å²) >= 11 is 0. The van der Waals surface area contributed by atoms with Crippen LogP contribution in [0.3, 0.4) is 0 Å². The topological polar surface area (TPSA) is 101 Å². The monoisotopic (exact) mass is 656 g/mol. The molecule has 1 saturated heterocycles. The normalized spacial score (nSPS) is 16.5. The van der Waals surface area contributed by atoms with Gasteiger partial charge < -0.3 is 24.4 Å². The Morgan fingerprint density at radius 1 is 0.854 bits per heavy atom. The van der Waals surface area contributed by atoms with E-state index in [-0.39, 0.29) is 30.4 Å². The molecule has 10 nitrogen and oxygen atoms in total. The van der Waals surface area contributed by atoms with Gasteiger partial charge in [-0.2, -0.15) is 0 Å². The van der Waals surface area contributed by atoms with E-state index in [2.05, 4.69) is 46.3 Å². The van der Waals surface area contributed by atoms with Gasteiger partial charge in [0, 0.05) is 38.8 Å². The van der Waals surface area contributed by atoms with Crippen molar-refractivity contribution in [2.45, 2.75) is 58.2 Å². The van der Waals surface area contributed by atoms with Crippen molar-refractivity contribution in [1.29, 1.82) is 0 Å². The number of hydrogen-bond acceptors (Lipinski definition) is 8. The van der Waals surface area contributed by atoms with Crippen molar-refractivity contribution in [2.75, 3.05) is 58.5 Å². The molecule has 0 aromatic heterocycles. The zero-order valence-electron chi connectivity index (χ0n) is 29.0. The summed E-state index contributed by atoms with van der Waals surface area (Å²) in [6, 6.07) is 21.2. The van der Waals surface area contributed by atoms with Gasteiger partial charge in [-0.25, -0.2) is 0 Å². The third-order valence-electron chi connectivity index (χ3n) is 9.13. The maximum Gasteiger partial charge on any atom is 0.264 e. The van der Waals surface area contributed by atoms with Crippen molar-refractivity contribution in [2.24, 2.45) is 0 Å². The van der Waals surface area contributed by atoms with E-state index in [1.807, 2.05) is 51.1 Å². The van der Waals surface area contributed by atoms with Crippen LogP contribution < -0.4 is 19.7 Å². The zero-order chi connectivity index (χ0) is 34.4. The fourth-order valence-corrected chi connectivity index (χ4v) is 6.49. The van der Waals surface area contributed by atoms with Crippen LogP contribution in [-0.2, 0) is 9.53 Å². The van der Waals surface area contributed by atoms with Gasteiger partial charge in [0.25, 0.3) is 11.8 Å². The molecule has 3 aromatic rings. The second-order valence-corrected chi connectivity index (χ2v) is 13.3. The minimum Gasteiger partial charge on any atom is -0.493 e. The molecular formula is C38H48N4O6. The van der Waals surface area contributed by atoms with E-state index in [9.17, 15) is 14.4 Å². The highest BCUT2D eigenvalue weighted by Crippen LogP contribution is 2.40. The lowest BCUT2D eigenvalue weighted by Gasteiger charge is -2.39. The zero-order valence-corrected chi connectivity index (χ0v) is 29.0. The number of hydrogen-bond donors (Lipinski definition) is 1. The molecule has 3 amide bonds. The van der Waals surface area contributed by atoms with Gasteiger partial charge >= 0.3 is 0 Å². The SMILES string of the molecule is COc1ccc([C@@H](CCCNC(=O)COC(C)(C)C)N2C(=O)c3cccc(N4CCN(C(C)c5ccccc5)CC4)c3C2=O)cc1OC. The first-order valence-electron chi connectivity index (χ1n) is 16.7. The van der Waals surface area contributed by atoms with Crippen molar-refractivity contribution >= 4 is 23.4 Å². The second kappa shape index (κ2) is 15.2. The van der Waals surface area contributed by atoms with Crippen LogP contribution >= 0.6 is 0 Å². The van der Waals surface area contributed by atoms with Crippen LogP contribution in [-0.4, -0.2) is 86.7 Å². The van der Waals surface area contributed by atoms with Gasteiger partial charge in [0.2, 0.25) is 5.91 Å². The molecule has 48 heavy (non-hydrogen) atoms. The Morgan fingerprint density at radius 2 is 1.56 bits per heavy atom. The number of amides is 3. The summed E-state index contributed by atoms with van der Waals surface area (Å²) in [5.74, 6) is 0.212. The first kappa shape index (κ1) is 34.9. The van der Waals surface area contributed by atoms with Gasteiger partial charge in [-0.05, 0) is 75.9 Å². The fourth-order valence-electron chi connectivity index (χ4n) is 6.49. The smallest absolute Gasteiger partial charge is 0.264 e. The molecule has 2 heterocycles. The van der Waals surface area contributed by atoms with Crippen molar-refractivity contribution in [3.63, 3.8) is 0 Å². The largest absolute Gasteiger partial charge is 0.493 e. The molecule has 2 aliphatic rings. The molecule has 3 aromatic carbocycles. The molecule has 1 fully saturated rings. The predicted octanol–water partition coefficient (Wildman–Crippen LogP) is 5.64. The number of ether oxygens (including phenoxy) is 3. The molecule has 1 N–H and O–H groups in total. The second-order valence-electron chi connectivity index (χ2n) is 13.3. The summed E-state index contributed by atoms with van der Waals surface area (Å²) in [4.78, 5) is 46.9. The van der Waals surface area contributed by atoms with E-state index in [0.717, 1.165) is 37.4 Å². The van der Waals surface area contributed by atoms with Crippen LogP contribution in [0, 0.1) is 0 Å². The number of carbonyl (C=O) groups excluding carboxylic acids is 3. The lowest BCUT2D eigenvalue weighted by Crippen LogP contribution is -2.47. The van der Waals surface area contributed by atoms with Crippen molar-refractivity contribution in [3.8, 4) is 11.5 Å².